The number of hydrogen-bond donors (Lipinski definition) is 1. The van der Waals surface area contributed by atoms with Gasteiger partial charge in [0, 0.05) is 55.3 Å². The van der Waals surface area contributed by atoms with E-state index in [4.69, 9.17) is 0 Å². The van der Waals surface area contributed by atoms with Gasteiger partial charge in [0.15, 0.2) is 0 Å². The third-order valence-electron chi connectivity index (χ3n) is 5.61. The molecule has 0 aliphatic carbocycles. The van der Waals surface area contributed by atoms with Crippen molar-refractivity contribution in [2.24, 2.45) is 0 Å². The lowest BCUT2D eigenvalue weighted by Gasteiger charge is -2.27. The van der Waals surface area contributed by atoms with Crippen molar-refractivity contribution in [3.63, 3.8) is 0 Å². The first-order chi connectivity index (χ1) is 15.1. The van der Waals surface area contributed by atoms with E-state index in [9.17, 15) is 14.4 Å². The van der Waals surface area contributed by atoms with Crippen molar-refractivity contribution in [2.45, 2.75) is 12.8 Å². The number of amides is 3. The van der Waals surface area contributed by atoms with Crippen LogP contribution in [0.25, 0.3) is 10.8 Å². The summed E-state index contributed by atoms with van der Waals surface area (Å²) in [6, 6.07) is 20.9. The molecule has 4 rings (SSSR count). The molecule has 3 amide bonds. The van der Waals surface area contributed by atoms with E-state index in [0.29, 0.717) is 30.6 Å². The van der Waals surface area contributed by atoms with E-state index in [1.54, 1.807) is 12.1 Å². The van der Waals surface area contributed by atoms with Crippen LogP contribution in [0.2, 0.25) is 0 Å². The highest BCUT2D eigenvalue weighted by Gasteiger charge is 2.32. The van der Waals surface area contributed by atoms with Crippen LogP contribution >= 0.6 is 0 Å². The van der Waals surface area contributed by atoms with Crippen molar-refractivity contribution in [3.05, 3.63) is 77.9 Å². The van der Waals surface area contributed by atoms with Gasteiger partial charge in [-0.25, -0.2) is 0 Å². The minimum Gasteiger partial charge on any atom is -0.373 e. The van der Waals surface area contributed by atoms with Crippen molar-refractivity contribution in [2.75, 3.05) is 31.6 Å². The van der Waals surface area contributed by atoms with Crippen LogP contribution in [0.3, 0.4) is 0 Å². The molecule has 0 aromatic heterocycles. The zero-order chi connectivity index (χ0) is 21.8. The molecule has 31 heavy (non-hydrogen) atoms. The van der Waals surface area contributed by atoms with Gasteiger partial charge in [0.05, 0.1) is 0 Å². The first kappa shape index (κ1) is 20.6. The molecule has 6 heteroatoms. The smallest absolute Gasteiger partial charge is 0.261 e. The highest BCUT2D eigenvalue weighted by Crippen LogP contribution is 2.30. The highest BCUT2D eigenvalue weighted by atomic mass is 16.2. The number of imide groups is 1. The van der Waals surface area contributed by atoms with Crippen LogP contribution in [0.1, 0.15) is 33.6 Å². The summed E-state index contributed by atoms with van der Waals surface area (Å²) in [5.41, 5.74) is 2.18. The SMILES string of the molecule is CN(CCNC(=O)CCCN1C(=O)c2cccc3cccc(c23)C1=O)c1ccccc1. The lowest BCUT2D eigenvalue weighted by molar-refractivity contribution is -0.121. The fraction of sp³-hybridized carbons (Fsp3) is 0.240. The van der Waals surface area contributed by atoms with Gasteiger partial charge in [-0.3, -0.25) is 19.3 Å². The molecular formula is C25H25N3O3. The van der Waals surface area contributed by atoms with E-state index in [1.807, 2.05) is 61.6 Å². The molecule has 0 radical (unpaired) electrons. The Morgan fingerprint density at radius 1 is 0.903 bits per heavy atom. The molecule has 3 aromatic rings. The Morgan fingerprint density at radius 2 is 1.55 bits per heavy atom. The Balaban J connectivity index is 1.28. The maximum Gasteiger partial charge on any atom is 0.261 e. The van der Waals surface area contributed by atoms with E-state index in [-0.39, 0.29) is 30.7 Å². The molecule has 0 saturated carbocycles. The standard InChI is InChI=1S/C25H25N3O3/c1-27(19-10-3-2-4-11-19)17-15-26-22(29)14-7-16-28-24(30)20-12-5-8-18-9-6-13-21(23(18)20)25(28)31/h2-6,8-13H,7,14-17H2,1H3,(H,26,29). The van der Waals surface area contributed by atoms with Gasteiger partial charge >= 0.3 is 0 Å². The Labute approximate surface area is 181 Å². The van der Waals surface area contributed by atoms with Gasteiger partial charge in [0.25, 0.3) is 11.8 Å². The molecule has 0 spiro atoms. The number of likely N-dealkylation sites (N-methyl/N-ethyl adjacent to an activating group) is 1. The summed E-state index contributed by atoms with van der Waals surface area (Å²) in [7, 11) is 1.98. The zero-order valence-corrected chi connectivity index (χ0v) is 17.5. The Hall–Kier alpha value is -3.67. The fourth-order valence-electron chi connectivity index (χ4n) is 3.94. The molecule has 1 N–H and O–H groups in total. The van der Waals surface area contributed by atoms with Crippen LogP contribution in [0.15, 0.2) is 66.7 Å². The second-order valence-corrected chi connectivity index (χ2v) is 7.68. The Kier molecular flexibility index (Phi) is 5.98. The average Bonchev–Trinajstić information content (AvgIpc) is 2.80. The third kappa shape index (κ3) is 4.28. The quantitative estimate of drug-likeness (QED) is 0.572. The number of para-hydroxylation sites is 1. The second-order valence-electron chi connectivity index (χ2n) is 7.68. The number of hydrogen-bond acceptors (Lipinski definition) is 4. The number of nitrogens with one attached hydrogen (secondary N) is 1. The van der Waals surface area contributed by atoms with Crippen molar-refractivity contribution < 1.29 is 14.4 Å². The average molecular weight is 415 g/mol. The minimum absolute atomic E-state index is 0.0825. The maximum absolute atomic E-state index is 12.9. The number of benzene rings is 3. The molecule has 0 saturated heterocycles. The number of carbonyl (C=O) groups is 3. The number of rotatable bonds is 8. The Morgan fingerprint density at radius 3 is 2.19 bits per heavy atom. The molecule has 0 fully saturated rings. The first-order valence-corrected chi connectivity index (χ1v) is 10.5. The third-order valence-corrected chi connectivity index (χ3v) is 5.61. The van der Waals surface area contributed by atoms with Gasteiger partial charge in [-0.2, -0.15) is 0 Å². The number of nitrogens with zero attached hydrogens (tertiary/aromatic N) is 2. The van der Waals surface area contributed by atoms with Crippen molar-refractivity contribution in [3.8, 4) is 0 Å². The normalized spacial score (nSPS) is 12.9. The van der Waals surface area contributed by atoms with Gasteiger partial charge < -0.3 is 10.2 Å². The molecule has 0 bridgehead atoms. The highest BCUT2D eigenvalue weighted by molar-refractivity contribution is 6.25. The van der Waals surface area contributed by atoms with Crippen LogP contribution in [0, 0.1) is 0 Å². The monoisotopic (exact) mass is 415 g/mol. The summed E-state index contributed by atoms with van der Waals surface area (Å²) in [6.45, 7) is 1.44. The fourth-order valence-corrected chi connectivity index (χ4v) is 3.94. The molecule has 158 valence electrons. The molecule has 1 heterocycles. The van der Waals surface area contributed by atoms with Crippen LogP contribution < -0.4 is 10.2 Å². The van der Waals surface area contributed by atoms with E-state index in [2.05, 4.69) is 10.2 Å². The van der Waals surface area contributed by atoms with Crippen LogP contribution in [0.5, 0.6) is 0 Å². The van der Waals surface area contributed by atoms with Crippen molar-refractivity contribution >= 4 is 34.2 Å². The predicted molar refractivity (Wildman–Crippen MR) is 121 cm³/mol. The molecule has 6 nitrogen and oxygen atoms in total. The lowest BCUT2D eigenvalue weighted by atomic mass is 9.94. The Bertz CT molecular complexity index is 1080. The summed E-state index contributed by atoms with van der Waals surface area (Å²) in [6.07, 6.45) is 0.688. The zero-order valence-electron chi connectivity index (χ0n) is 17.5. The summed E-state index contributed by atoms with van der Waals surface area (Å²) in [5, 5.41) is 4.51. The summed E-state index contributed by atoms with van der Waals surface area (Å²) in [4.78, 5) is 41.3. The van der Waals surface area contributed by atoms with E-state index >= 15 is 0 Å². The molecule has 0 unspecified atom stereocenters. The molecule has 0 atom stereocenters. The van der Waals surface area contributed by atoms with Gasteiger partial charge in [-0.1, -0.05) is 42.5 Å². The van der Waals surface area contributed by atoms with Crippen LogP contribution in [0.4, 0.5) is 5.69 Å². The summed E-state index contributed by atoms with van der Waals surface area (Å²) < 4.78 is 0. The van der Waals surface area contributed by atoms with Gasteiger partial charge in [-0.05, 0) is 36.1 Å². The molecule has 1 aliphatic rings. The van der Waals surface area contributed by atoms with Crippen LogP contribution in [-0.2, 0) is 4.79 Å². The van der Waals surface area contributed by atoms with E-state index < -0.39 is 0 Å². The lowest BCUT2D eigenvalue weighted by Crippen LogP contribution is -2.41. The topological polar surface area (TPSA) is 69.7 Å². The second kappa shape index (κ2) is 9.00. The number of carbonyl (C=O) groups excluding carboxylic acids is 3. The molecule has 3 aromatic carbocycles. The van der Waals surface area contributed by atoms with Gasteiger partial charge in [0.1, 0.15) is 0 Å². The van der Waals surface area contributed by atoms with Gasteiger partial charge in [-0.15, -0.1) is 0 Å². The molecule has 1 aliphatic heterocycles. The minimum atomic E-state index is -0.292. The van der Waals surface area contributed by atoms with Gasteiger partial charge in [0.2, 0.25) is 5.91 Å². The van der Waals surface area contributed by atoms with E-state index in [1.165, 1.54) is 4.90 Å². The van der Waals surface area contributed by atoms with Crippen molar-refractivity contribution in [1.29, 1.82) is 0 Å². The molecular weight excluding hydrogens is 390 g/mol. The largest absolute Gasteiger partial charge is 0.373 e. The number of anilines is 1. The summed E-state index contributed by atoms with van der Waals surface area (Å²) in [5.74, 6) is -0.667. The summed E-state index contributed by atoms with van der Waals surface area (Å²) >= 11 is 0. The van der Waals surface area contributed by atoms with Crippen molar-refractivity contribution in [1.82, 2.24) is 10.2 Å². The first-order valence-electron chi connectivity index (χ1n) is 10.5. The van der Waals surface area contributed by atoms with E-state index in [0.717, 1.165) is 16.5 Å². The predicted octanol–water partition coefficient (Wildman–Crippen LogP) is 3.47. The maximum atomic E-state index is 12.9. The van der Waals surface area contributed by atoms with Crippen LogP contribution in [-0.4, -0.2) is 49.3 Å².